The number of benzene rings is 2. The van der Waals surface area contributed by atoms with E-state index in [1.165, 1.54) is 23.3 Å². The number of nitrogens with zero attached hydrogens (tertiary/aromatic N) is 1. The number of ether oxygens (including phenoxy) is 1. The summed E-state index contributed by atoms with van der Waals surface area (Å²) in [6, 6.07) is 15.0. The molecule has 0 bridgehead atoms. The molecular weight excluding hydrogens is 456 g/mol. The van der Waals surface area contributed by atoms with E-state index in [0.29, 0.717) is 0 Å². The number of methoxy groups -OCH3 is 1. The molecule has 0 heterocycles. The molecule has 0 spiro atoms. The summed E-state index contributed by atoms with van der Waals surface area (Å²) < 4.78 is 18.3. The average Bonchev–Trinajstić information content (AvgIpc) is 3.46. The Bertz CT molecular complexity index is 743. The second-order valence-electron chi connectivity index (χ2n) is 6.74. The van der Waals surface area contributed by atoms with Crippen molar-refractivity contribution in [1.82, 2.24) is 10.6 Å². The fraction of sp³-hybridized carbons (Fsp3) is 0.381. The molecule has 1 aliphatic rings. The Balaban J connectivity index is 0.00000261. The molecule has 6 heteroatoms. The summed E-state index contributed by atoms with van der Waals surface area (Å²) >= 11 is 0. The Morgan fingerprint density at radius 3 is 2.30 bits per heavy atom. The molecule has 1 saturated carbocycles. The van der Waals surface area contributed by atoms with Crippen LogP contribution in [0.25, 0.3) is 0 Å². The van der Waals surface area contributed by atoms with Crippen LogP contribution < -0.4 is 15.4 Å². The van der Waals surface area contributed by atoms with Crippen LogP contribution in [0.15, 0.2) is 53.5 Å². The van der Waals surface area contributed by atoms with Crippen molar-refractivity contribution in [1.29, 1.82) is 0 Å². The molecule has 3 rings (SSSR count). The van der Waals surface area contributed by atoms with Crippen LogP contribution in [-0.4, -0.2) is 33.2 Å². The SMILES string of the molecule is CN=C(NCCc1ccc(OC)cc1)NCC1(c2ccc(F)cc2)CC1.I. The van der Waals surface area contributed by atoms with Crippen molar-refractivity contribution in [3.05, 3.63) is 65.5 Å². The molecule has 2 aromatic rings. The molecule has 2 N–H and O–H groups in total. The second kappa shape index (κ2) is 9.92. The van der Waals surface area contributed by atoms with Gasteiger partial charge in [-0.25, -0.2) is 4.39 Å². The third-order valence-electron chi connectivity index (χ3n) is 4.99. The zero-order valence-electron chi connectivity index (χ0n) is 15.8. The van der Waals surface area contributed by atoms with Crippen LogP contribution >= 0.6 is 24.0 Å². The molecule has 0 amide bonds. The maximum absolute atomic E-state index is 13.1. The number of rotatable bonds is 7. The van der Waals surface area contributed by atoms with Crippen molar-refractivity contribution in [2.75, 3.05) is 27.2 Å². The van der Waals surface area contributed by atoms with Gasteiger partial charge in [0.25, 0.3) is 0 Å². The first kappa shape index (κ1) is 21.5. The van der Waals surface area contributed by atoms with Gasteiger partial charge in [-0.15, -0.1) is 24.0 Å². The summed E-state index contributed by atoms with van der Waals surface area (Å²) in [5.41, 5.74) is 2.56. The quantitative estimate of drug-likeness (QED) is 0.357. The van der Waals surface area contributed by atoms with Crippen molar-refractivity contribution in [3.63, 3.8) is 0 Å². The zero-order chi connectivity index (χ0) is 18.4. The fourth-order valence-electron chi connectivity index (χ4n) is 3.11. The van der Waals surface area contributed by atoms with Gasteiger partial charge in [-0.05, 0) is 54.7 Å². The first-order valence-corrected chi connectivity index (χ1v) is 8.99. The standard InChI is InChI=1S/C21H26FN3O.HI/c1-23-20(24-14-11-16-3-9-19(26-2)10-4-16)25-15-21(12-13-21)17-5-7-18(22)8-6-17;/h3-10H,11-15H2,1-2H3,(H2,23,24,25);1H. The lowest BCUT2D eigenvalue weighted by Crippen LogP contribution is -2.41. The van der Waals surface area contributed by atoms with E-state index < -0.39 is 0 Å². The van der Waals surface area contributed by atoms with Gasteiger partial charge in [0.15, 0.2) is 5.96 Å². The van der Waals surface area contributed by atoms with Gasteiger partial charge in [0, 0.05) is 25.6 Å². The summed E-state index contributed by atoms with van der Waals surface area (Å²) in [4.78, 5) is 4.30. The Morgan fingerprint density at radius 1 is 1.07 bits per heavy atom. The molecule has 146 valence electrons. The molecule has 4 nitrogen and oxygen atoms in total. The van der Waals surface area contributed by atoms with E-state index in [1.807, 2.05) is 24.3 Å². The number of nitrogens with one attached hydrogen (secondary N) is 2. The van der Waals surface area contributed by atoms with Crippen molar-refractivity contribution in [2.45, 2.75) is 24.7 Å². The monoisotopic (exact) mass is 483 g/mol. The molecule has 2 aromatic carbocycles. The molecule has 1 fully saturated rings. The number of guanidine groups is 1. The minimum Gasteiger partial charge on any atom is -0.497 e. The highest BCUT2D eigenvalue weighted by Crippen LogP contribution is 2.47. The van der Waals surface area contributed by atoms with Crippen molar-refractivity contribution in [3.8, 4) is 5.75 Å². The predicted molar refractivity (Wildman–Crippen MR) is 119 cm³/mol. The van der Waals surface area contributed by atoms with E-state index in [1.54, 1.807) is 14.2 Å². The van der Waals surface area contributed by atoms with Gasteiger partial charge in [-0.3, -0.25) is 4.99 Å². The molecule has 0 aromatic heterocycles. The summed E-state index contributed by atoms with van der Waals surface area (Å²) in [5.74, 6) is 1.48. The van der Waals surface area contributed by atoms with Crippen molar-refractivity contribution >= 4 is 29.9 Å². The van der Waals surface area contributed by atoms with Crippen LogP contribution in [0.1, 0.15) is 24.0 Å². The van der Waals surface area contributed by atoms with Crippen LogP contribution in [0.5, 0.6) is 5.75 Å². The number of aliphatic imine (C=N–C) groups is 1. The lowest BCUT2D eigenvalue weighted by atomic mass is 9.96. The Kier molecular flexibility index (Phi) is 7.89. The van der Waals surface area contributed by atoms with Crippen molar-refractivity contribution < 1.29 is 9.13 Å². The van der Waals surface area contributed by atoms with Gasteiger partial charge < -0.3 is 15.4 Å². The lowest BCUT2D eigenvalue weighted by molar-refractivity contribution is 0.414. The molecule has 1 aliphatic carbocycles. The lowest BCUT2D eigenvalue weighted by Gasteiger charge is -2.19. The first-order valence-electron chi connectivity index (χ1n) is 8.99. The van der Waals surface area contributed by atoms with Crippen LogP contribution in [-0.2, 0) is 11.8 Å². The minimum atomic E-state index is -0.187. The van der Waals surface area contributed by atoms with Gasteiger partial charge in [-0.2, -0.15) is 0 Å². The topological polar surface area (TPSA) is 45.7 Å². The highest BCUT2D eigenvalue weighted by Gasteiger charge is 2.44. The molecule has 27 heavy (non-hydrogen) atoms. The first-order chi connectivity index (χ1) is 12.6. The van der Waals surface area contributed by atoms with Crippen LogP contribution in [0.2, 0.25) is 0 Å². The third kappa shape index (κ3) is 5.82. The Labute approximate surface area is 177 Å². The van der Waals surface area contributed by atoms with Crippen molar-refractivity contribution in [2.24, 2.45) is 4.99 Å². The van der Waals surface area contributed by atoms with Gasteiger partial charge in [0.1, 0.15) is 11.6 Å². The second-order valence-corrected chi connectivity index (χ2v) is 6.74. The van der Waals surface area contributed by atoms with E-state index in [9.17, 15) is 4.39 Å². The zero-order valence-corrected chi connectivity index (χ0v) is 18.1. The largest absolute Gasteiger partial charge is 0.497 e. The summed E-state index contributed by atoms with van der Waals surface area (Å²) in [7, 11) is 3.45. The summed E-state index contributed by atoms with van der Waals surface area (Å²) in [6.45, 7) is 1.61. The Hall–Kier alpha value is -1.83. The van der Waals surface area contributed by atoms with Crippen LogP contribution in [0, 0.1) is 5.82 Å². The minimum absolute atomic E-state index is 0. The third-order valence-corrected chi connectivity index (χ3v) is 4.99. The average molecular weight is 483 g/mol. The highest BCUT2D eigenvalue weighted by atomic mass is 127. The van der Waals surface area contributed by atoms with Gasteiger partial charge >= 0.3 is 0 Å². The van der Waals surface area contributed by atoms with E-state index in [2.05, 4.69) is 27.8 Å². The van der Waals surface area contributed by atoms with E-state index in [-0.39, 0.29) is 35.2 Å². The fourth-order valence-corrected chi connectivity index (χ4v) is 3.11. The number of hydrogen-bond acceptors (Lipinski definition) is 2. The molecule has 0 atom stereocenters. The van der Waals surface area contributed by atoms with E-state index >= 15 is 0 Å². The predicted octanol–water partition coefficient (Wildman–Crippen LogP) is 3.89. The van der Waals surface area contributed by atoms with E-state index in [4.69, 9.17) is 4.74 Å². The van der Waals surface area contributed by atoms with Gasteiger partial charge in [0.05, 0.1) is 7.11 Å². The van der Waals surface area contributed by atoms with Gasteiger partial charge in [0.2, 0.25) is 0 Å². The number of halogens is 2. The maximum atomic E-state index is 13.1. The van der Waals surface area contributed by atoms with Crippen LogP contribution in [0.4, 0.5) is 4.39 Å². The maximum Gasteiger partial charge on any atom is 0.191 e. The Morgan fingerprint density at radius 2 is 1.74 bits per heavy atom. The van der Waals surface area contributed by atoms with Gasteiger partial charge in [-0.1, -0.05) is 24.3 Å². The number of hydrogen-bond donors (Lipinski definition) is 2. The molecular formula is C21H27FIN3O. The van der Waals surface area contributed by atoms with E-state index in [0.717, 1.165) is 44.1 Å². The molecule has 0 radical (unpaired) electrons. The molecule has 0 unspecified atom stereocenters. The van der Waals surface area contributed by atoms with Crippen LogP contribution in [0.3, 0.4) is 0 Å². The molecule has 0 saturated heterocycles. The summed E-state index contributed by atoms with van der Waals surface area (Å²) in [6.07, 6.45) is 3.15. The molecule has 0 aliphatic heterocycles. The normalized spacial score (nSPS) is 14.9. The highest BCUT2D eigenvalue weighted by molar-refractivity contribution is 14.0. The smallest absolute Gasteiger partial charge is 0.191 e. The summed E-state index contributed by atoms with van der Waals surface area (Å²) in [5, 5.41) is 6.77.